The maximum absolute atomic E-state index is 5.74. The van der Waals surface area contributed by atoms with Crippen molar-refractivity contribution < 1.29 is 0 Å². The fourth-order valence-corrected chi connectivity index (χ4v) is 2.01. The Balaban J connectivity index is 2.46. The molecule has 3 heteroatoms. The van der Waals surface area contributed by atoms with Crippen LogP contribution in [0.25, 0.3) is 0 Å². The molecule has 1 saturated heterocycles. The predicted octanol–water partition coefficient (Wildman–Crippen LogP) is 1.26. The maximum Gasteiger partial charge on any atom is 0.0459 e. The van der Waals surface area contributed by atoms with Crippen LogP contribution in [0.1, 0.15) is 27.7 Å². The molecule has 1 atom stereocenters. The van der Waals surface area contributed by atoms with Crippen molar-refractivity contribution in [1.82, 2.24) is 9.80 Å². The van der Waals surface area contributed by atoms with E-state index in [1.54, 1.807) is 0 Å². The first-order chi connectivity index (χ1) is 6.82. The summed E-state index contributed by atoms with van der Waals surface area (Å²) < 4.78 is 0. The van der Waals surface area contributed by atoms with E-state index in [2.05, 4.69) is 44.1 Å². The molecule has 0 spiro atoms. The van der Waals surface area contributed by atoms with E-state index < -0.39 is 0 Å². The summed E-state index contributed by atoms with van der Waals surface area (Å²) in [5.74, 6) is 0. The summed E-state index contributed by atoms with van der Waals surface area (Å²) in [7, 11) is 0. The molecule has 0 saturated carbocycles. The Labute approximate surface area is 93.9 Å². The van der Waals surface area contributed by atoms with Crippen LogP contribution in [0.15, 0.2) is 12.3 Å². The van der Waals surface area contributed by atoms with Crippen LogP contribution < -0.4 is 5.73 Å². The molecule has 3 nitrogen and oxygen atoms in total. The Morgan fingerprint density at radius 3 is 2.00 bits per heavy atom. The third-order valence-corrected chi connectivity index (χ3v) is 3.35. The van der Waals surface area contributed by atoms with E-state index in [-0.39, 0.29) is 5.54 Å². The summed E-state index contributed by atoms with van der Waals surface area (Å²) in [6.45, 7) is 17.2. The van der Waals surface area contributed by atoms with E-state index in [0.29, 0.717) is 6.04 Å². The minimum absolute atomic E-state index is 0.287. The molecule has 0 aromatic heterocycles. The molecule has 88 valence electrons. The van der Waals surface area contributed by atoms with E-state index in [0.717, 1.165) is 31.9 Å². The highest BCUT2D eigenvalue weighted by atomic mass is 15.3. The van der Waals surface area contributed by atoms with Gasteiger partial charge in [-0.2, -0.15) is 0 Å². The molecule has 2 N–H and O–H groups in total. The average Bonchev–Trinajstić information content (AvgIpc) is 2.15. The quantitative estimate of drug-likeness (QED) is 0.746. The molecule has 0 bridgehead atoms. The lowest BCUT2D eigenvalue weighted by atomic mass is 10.0. The highest BCUT2D eigenvalue weighted by Gasteiger charge is 2.27. The number of nitrogens with two attached hydrogens (primary N) is 1. The van der Waals surface area contributed by atoms with Crippen molar-refractivity contribution in [3.8, 4) is 0 Å². The van der Waals surface area contributed by atoms with Gasteiger partial charge in [0.25, 0.3) is 0 Å². The second kappa shape index (κ2) is 4.54. The normalized spacial score (nSPS) is 22.7. The van der Waals surface area contributed by atoms with E-state index in [1.807, 2.05) is 0 Å². The Kier molecular flexibility index (Phi) is 3.79. The second-order valence-corrected chi connectivity index (χ2v) is 5.44. The summed E-state index contributed by atoms with van der Waals surface area (Å²) in [6.07, 6.45) is 0. The summed E-state index contributed by atoms with van der Waals surface area (Å²) in [6, 6.07) is 0.312. The lowest BCUT2D eigenvalue weighted by Gasteiger charge is -2.44. The number of hydrogen-bond acceptors (Lipinski definition) is 3. The first-order valence-corrected chi connectivity index (χ1v) is 5.75. The zero-order chi connectivity index (χ0) is 11.6. The summed E-state index contributed by atoms with van der Waals surface area (Å²) in [4.78, 5) is 4.93. The van der Waals surface area contributed by atoms with Gasteiger partial charge in [-0.1, -0.05) is 6.58 Å². The molecule has 0 unspecified atom stereocenters. The fraction of sp³-hybridized carbons (Fsp3) is 0.833. The van der Waals surface area contributed by atoms with Gasteiger partial charge in [0.1, 0.15) is 0 Å². The van der Waals surface area contributed by atoms with Crippen molar-refractivity contribution in [2.45, 2.75) is 39.3 Å². The number of nitrogens with zero attached hydrogens (tertiary/aromatic N) is 2. The van der Waals surface area contributed by atoms with Gasteiger partial charge >= 0.3 is 0 Å². The predicted molar refractivity (Wildman–Crippen MR) is 65.7 cm³/mol. The minimum atomic E-state index is 0.287. The van der Waals surface area contributed by atoms with Crippen LogP contribution in [-0.2, 0) is 0 Å². The van der Waals surface area contributed by atoms with Crippen molar-refractivity contribution in [3.05, 3.63) is 12.3 Å². The smallest absolute Gasteiger partial charge is 0.0459 e. The molecular weight excluding hydrogens is 186 g/mol. The highest BCUT2D eigenvalue weighted by Crippen LogP contribution is 2.17. The van der Waals surface area contributed by atoms with Crippen LogP contribution in [-0.4, -0.2) is 47.6 Å². The Bertz CT molecular complexity index is 222. The van der Waals surface area contributed by atoms with Crippen LogP contribution in [0.3, 0.4) is 0 Å². The largest absolute Gasteiger partial charge is 0.401 e. The number of hydrogen-bond donors (Lipinski definition) is 1. The molecule has 1 heterocycles. The first-order valence-electron chi connectivity index (χ1n) is 5.75. The Morgan fingerprint density at radius 1 is 1.20 bits per heavy atom. The molecule has 1 fully saturated rings. The van der Waals surface area contributed by atoms with E-state index in [4.69, 9.17) is 5.73 Å². The van der Waals surface area contributed by atoms with Crippen molar-refractivity contribution in [2.75, 3.05) is 26.2 Å². The third kappa shape index (κ3) is 3.21. The standard InChI is InChI=1S/C12H25N3/c1-10(13)11(2)14-6-8-15(9-7-14)12(3,4)5/h11H,1,6-9,13H2,2-5H3/t11-/m0/s1. The van der Waals surface area contributed by atoms with E-state index >= 15 is 0 Å². The number of rotatable bonds is 2. The topological polar surface area (TPSA) is 32.5 Å². The molecule has 0 radical (unpaired) electrons. The monoisotopic (exact) mass is 211 g/mol. The van der Waals surface area contributed by atoms with Crippen LogP contribution in [0.5, 0.6) is 0 Å². The van der Waals surface area contributed by atoms with Gasteiger partial charge in [-0.15, -0.1) is 0 Å². The lowest BCUT2D eigenvalue weighted by molar-refractivity contribution is 0.0518. The second-order valence-electron chi connectivity index (χ2n) is 5.44. The van der Waals surface area contributed by atoms with Crippen molar-refractivity contribution >= 4 is 0 Å². The molecule has 1 aliphatic rings. The highest BCUT2D eigenvalue weighted by molar-refractivity contribution is 5.00. The molecule has 0 aromatic rings. The number of piperazine rings is 1. The molecule has 1 rings (SSSR count). The first kappa shape index (κ1) is 12.5. The minimum Gasteiger partial charge on any atom is -0.401 e. The molecule has 0 aliphatic carbocycles. The molecule has 0 amide bonds. The summed E-state index contributed by atoms with van der Waals surface area (Å²) in [5.41, 5.74) is 6.80. The van der Waals surface area contributed by atoms with E-state index in [1.165, 1.54) is 0 Å². The maximum atomic E-state index is 5.74. The lowest BCUT2D eigenvalue weighted by Crippen LogP contribution is -2.55. The Morgan fingerprint density at radius 2 is 1.67 bits per heavy atom. The van der Waals surface area contributed by atoms with Crippen LogP contribution in [0.4, 0.5) is 0 Å². The van der Waals surface area contributed by atoms with Gasteiger partial charge in [-0.25, -0.2) is 0 Å². The molecule has 0 aromatic carbocycles. The Hall–Kier alpha value is -0.540. The van der Waals surface area contributed by atoms with Crippen molar-refractivity contribution in [2.24, 2.45) is 5.73 Å². The molecule has 1 aliphatic heterocycles. The molecule has 15 heavy (non-hydrogen) atoms. The third-order valence-electron chi connectivity index (χ3n) is 3.35. The van der Waals surface area contributed by atoms with Gasteiger partial charge in [0.15, 0.2) is 0 Å². The van der Waals surface area contributed by atoms with Gasteiger partial charge in [0, 0.05) is 43.5 Å². The van der Waals surface area contributed by atoms with Gasteiger partial charge in [0.2, 0.25) is 0 Å². The van der Waals surface area contributed by atoms with Crippen molar-refractivity contribution in [1.29, 1.82) is 0 Å². The zero-order valence-electron chi connectivity index (χ0n) is 10.6. The zero-order valence-corrected chi connectivity index (χ0v) is 10.6. The molecular formula is C12H25N3. The fourth-order valence-electron chi connectivity index (χ4n) is 2.01. The van der Waals surface area contributed by atoms with Crippen LogP contribution in [0, 0.1) is 0 Å². The van der Waals surface area contributed by atoms with Crippen LogP contribution >= 0.6 is 0 Å². The van der Waals surface area contributed by atoms with Gasteiger partial charge in [-0.3, -0.25) is 9.80 Å². The average molecular weight is 211 g/mol. The van der Waals surface area contributed by atoms with Crippen LogP contribution in [0.2, 0.25) is 0 Å². The summed E-state index contributed by atoms with van der Waals surface area (Å²) >= 11 is 0. The van der Waals surface area contributed by atoms with E-state index in [9.17, 15) is 0 Å². The SMILES string of the molecule is C=C(N)[C@H](C)N1CCN(C(C)(C)C)CC1. The van der Waals surface area contributed by atoms with Crippen molar-refractivity contribution in [3.63, 3.8) is 0 Å². The van der Waals surface area contributed by atoms with Gasteiger partial charge in [-0.05, 0) is 27.7 Å². The summed E-state index contributed by atoms with van der Waals surface area (Å²) in [5, 5.41) is 0. The van der Waals surface area contributed by atoms with Gasteiger partial charge in [0.05, 0.1) is 0 Å². The van der Waals surface area contributed by atoms with Gasteiger partial charge < -0.3 is 5.73 Å².